The molecule has 0 aromatic carbocycles. The van der Waals surface area contributed by atoms with Crippen LogP contribution in [0.15, 0.2) is 41.9 Å². The molecule has 0 bridgehead atoms. The molecule has 2 aliphatic heterocycles. The first-order valence-electron chi connectivity index (χ1n) is 10.1. The minimum absolute atomic E-state index is 0.0164. The van der Waals surface area contributed by atoms with Crippen LogP contribution in [0.2, 0.25) is 0 Å². The molecule has 0 unspecified atom stereocenters. The van der Waals surface area contributed by atoms with Crippen molar-refractivity contribution in [2.45, 2.75) is 25.8 Å². The fourth-order valence-electron chi connectivity index (χ4n) is 4.27. The maximum absolute atomic E-state index is 13.0. The van der Waals surface area contributed by atoms with Crippen LogP contribution in [0.3, 0.4) is 0 Å². The number of aromatic nitrogens is 3. The lowest BCUT2D eigenvalue weighted by atomic mass is 10.2. The lowest BCUT2D eigenvalue weighted by Gasteiger charge is -2.22. The smallest absolute Gasteiger partial charge is 0.257 e. The van der Waals surface area contributed by atoms with Crippen molar-refractivity contribution in [3.8, 4) is 0 Å². The highest BCUT2D eigenvalue weighted by Crippen LogP contribution is 2.36. The molecule has 1 fully saturated rings. The van der Waals surface area contributed by atoms with Crippen molar-refractivity contribution in [1.82, 2.24) is 24.1 Å². The van der Waals surface area contributed by atoms with Gasteiger partial charge in [0, 0.05) is 57.4 Å². The van der Waals surface area contributed by atoms with Crippen LogP contribution in [0.25, 0.3) is 6.08 Å². The van der Waals surface area contributed by atoms with Gasteiger partial charge in [-0.25, -0.2) is 0 Å². The number of hydrogen-bond acceptors (Lipinski definition) is 3. The van der Waals surface area contributed by atoms with Crippen LogP contribution in [0.1, 0.15) is 40.5 Å². The Morgan fingerprint density at radius 2 is 1.79 bits per heavy atom. The molecule has 2 aromatic rings. The van der Waals surface area contributed by atoms with Gasteiger partial charge in [-0.2, -0.15) is 5.10 Å². The van der Waals surface area contributed by atoms with Crippen molar-refractivity contribution < 1.29 is 9.59 Å². The summed E-state index contributed by atoms with van der Waals surface area (Å²) in [5, 5.41) is 4.42. The second kappa shape index (κ2) is 6.76. The molecule has 0 N–H and O–H groups in total. The first-order valence-corrected chi connectivity index (χ1v) is 10.1. The van der Waals surface area contributed by atoms with Gasteiger partial charge in [-0.1, -0.05) is 0 Å². The monoisotopic (exact) mass is 391 g/mol. The van der Waals surface area contributed by atoms with Gasteiger partial charge in [0.25, 0.3) is 5.91 Å². The topological polar surface area (TPSA) is 63.4 Å². The molecule has 0 saturated heterocycles. The van der Waals surface area contributed by atoms with E-state index in [1.165, 1.54) is 11.1 Å². The van der Waals surface area contributed by atoms with Gasteiger partial charge in [-0.05, 0) is 48.6 Å². The molecule has 0 spiro atoms. The van der Waals surface area contributed by atoms with Crippen LogP contribution in [0.4, 0.5) is 0 Å². The maximum atomic E-state index is 13.0. The van der Waals surface area contributed by atoms with Gasteiger partial charge >= 0.3 is 0 Å². The molecular formula is C22H25N5O2. The van der Waals surface area contributed by atoms with E-state index in [-0.39, 0.29) is 11.8 Å². The molecule has 150 valence electrons. The van der Waals surface area contributed by atoms with E-state index in [0.717, 1.165) is 24.1 Å². The molecule has 29 heavy (non-hydrogen) atoms. The van der Waals surface area contributed by atoms with Gasteiger partial charge in [0.15, 0.2) is 0 Å². The normalized spacial score (nSPS) is 19.0. The molecule has 0 atom stereocenters. The van der Waals surface area contributed by atoms with E-state index in [1.807, 2.05) is 57.6 Å². The lowest BCUT2D eigenvalue weighted by Crippen LogP contribution is -2.36. The second-order valence-corrected chi connectivity index (χ2v) is 8.33. The second-order valence-electron chi connectivity index (χ2n) is 8.33. The molecule has 1 aliphatic carbocycles. The van der Waals surface area contributed by atoms with Crippen molar-refractivity contribution in [2.24, 2.45) is 7.05 Å². The molecule has 5 rings (SSSR count). The summed E-state index contributed by atoms with van der Waals surface area (Å²) in [7, 11) is 1.96. The number of nitrogens with zero attached hydrogens (tertiary/aromatic N) is 5. The molecule has 2 aromatic heterocycles. The van der Waals surface area contributed by atoms with Crippen LogP contribution in [-0.2, 0) is 11.8 Å². The van der Waals surface area contributed by atoms with Gasteiger partial charge in [0.1, 0.15) is 0 Å². The van der Waals surface area contributed by atoms with Crippen LogP contribution in [-0.4, -0.2) is 62.1 Å². The summed E-state index contributed by atoms with van der Waals surface area (Å²) in [6.45, 7) is 4.41. The van der Waals surface area contributed by atoms with Gasteiger partial charge < -0.3 is 14.4 Å². The van der Waals surface area contributed by atoms with Gasteiger partial charge in [0.05, 0.1) is 17.8 Å². The first kappa shape index (κ1) is 18.0. The summed E-state index contributed by atoms with van der Waals surface area (Å²) < 4.78 is 3.95. The summed E-state index contributed by atoms with van der Waals surface area (Å²) in [5.41, 5.74) is 5.09. The van der Waals surface area contributed by atoms with E-state index in [9.17, 15) is 9.59 Å². The number of hydrogen-bond donors (Lipinski definition) is 0. The van der Waals surface area contributed by atoms with Crippen LogP contribution < -0.4 is 0 Å². The zero-order valence-corrected chi connectivity index (χ0v) is 16.8. The Morgan fingerprint density at radius 1 is 1.10 bits per heavy atom. The first-order chi connectivity index (χ1) is 14.0. The van der Waals surface area contributed by atoms with Crippen molar-refractivity contribution in [3.63, 3.8) is 0 Å². The Bertz CT molecular complexity index is 1040. The fraction of sp³-hybridized carbons (Fsp3) is 0.409. The highest BCUT2D eigenvalue weighted by atomic mass is 16.2. The summed E-state index contributed by atoms with van der Waals surface area (Å²) in [5.74, 6) is 0.0633. The predicted molar refractivity (Wildman–Crippen MR) is 109 cm³/mol. The zero-order chi connectivity index (χ0) is 20.1. The molecule has 7 nitrogen and oxygen atoms in total. The van der Waals surface area contributed by atoms with Crippen molar-refractivity contribution in [3.05, 3.63) is 58.7 Å². The third-order valence-electron chi connectivity index (χ3n) is 6.07. The number of rotatable bonds is 4. The minimum atomic E-state index is 0.0164. The summed E-state index contributed by atoms with van der Waals surface area (Å²) in [6.07, 6.45) is 11.4. The Morgan fingerprint density at radius 3 is 2.41 bits per heavy atom. The Labute approximate surface area is 169 Å². The van der Waals surface area contributed by atoms with Crippen molar-refractivity contribution in [2.75, 3.05) is 26.2 Å². The molecule has 4 heterocycles. The molecule has 0 radical (unpaired) electrons. The van der Waals surface area contributed by atoms with Crippen LogP contribution >= 0.6 is 0 Å². The lowest BCUT2D eigenvalue weighted by molar-refractivity contribution is -0.124. The number of aryl methyl sites for hydroxylation is 1. The molecule has 1 saturated carbocycles. The van der Waals surface area contributed by atoms with Crippen molar-refractivity contribution >= 4 is 17.9 Å². The molecule has 7 heteroatoms. The minimum Gasteiger partial charge on any atom is -0.357 e. The molecule has 3 aliphatic rings. The van der Waals surface area contributed by atoms with Crippen LogP contribution in [0, 0.1) is 6.92 Å². The largest absolute Gasteiger partial charge is 0.357 e. The fourth-order valence-corrected chi connectivity index (χ4v) is 4.27. The third kappa shape index (κ3) is 3.30. The van der Waals surface area contributed by atoms with Gasteiger partial charge in [-0.3, -0.25) is 14.3 Å². The van der Waals surface area contributed by atoms with E-state index >= 15 is 0 Å². The van der Waals surface area contributed by atoms with E-state index in [2.05, 4.69) is 5.10 Å². The number of carbonyl (C=O) groups is 2. The summed E-state index contributed by atoms with van der Waals surface area (Å²) in [6, 6.07) is 2.45. The Kier molecular flexibility index (Phi) is 4.19. The standard InChI is InChI=1S/C22H25N5O2/c1-15-20(9-23-27(15)19-4-5-19)22(29)26-13-17-11-25(12-18(17)14-26)21(28)6-3-16-7-8-24(2)10-16/h3,6-10,19H,4-5,11-14H2,1-2H3/b6-3+. The maximum Gasteiger partial charge on any atom is 0.257 e. The highest BCUT2D eigenvalue weighted by Gasteiger charge is 2.35. The van der Waals surface area contributed by atoms with Crippen LogP contribution in [0.5, 0.6) is 0 Å². The number of amides is 2. The highest BCUT2D eigenvalue weighted by molar-refractivity contribution is 5.96. The summed E-state index contributed by atoms with van der Waals surface area (Å²) >= 11 is 0. The third-order valence-corrected chi connectivity index (χ3v) is 6.07. The Balaban J connectivity index is 1.19. The zero-order valence-electron chi connectivity index (χ0n) is 16.8. The Hall–Kier alpha value is -3.09. The average molecular weight is 391 g/mol. The van der Waals surface area contributed by atoms with Gasteiger partial charge in [-0.15, -0.1) is 0 Å². The van der Waals surface area contributed by atoms with Crippen molar-refractivity contribution in [1.29, 1.82) is 0 Å². The average Bonchev–Trinajstić information content (AvgIpc) is 3.02. The van der Waals surface area contributed by atoms with E-state index in [0.29, 0.717) is 37.8 Å². The SMILES string of the molecule is Cc1c(C(=O)N2CC3=C(CN(C(=O)/C=C/c4ccn(C)c4)C3)C2)cnn1C1CC1. The molecular weight excluding hydrogens is 366 g/mol. The van der Waals surface area contributed by atoms with E-state index in [1.54, 1.807) is 12.3 Å². The van der Waals surface area contributed by atoms with E-state index < -0.39 is 0 Å². The van der Waals surface area contributed by atoms with E-state index in [4.69, 9.17) is 0 Å². The predicted octanol–water partition coefficient (Wildman–Crippen LogP) is 2.17. The van der Waals surface area contributed by atoms with Gasteiger partial charge in [0.2, 0.25) is 5.91 Å². The quantitative estimate of drug-likeness (QED) is 0.593. The molecule has 2 amide bonds. The number of carbonyl (C=O) groups excluding carboxylic acids is 2. The summed E-state index contributed by atoms with van der Waals surface area (Å²) in [4.78, 5) is 29.2.